The predicted molar refractivity (Wildman–Crippen MR) is 115 cm³/mol. The lowest BCUT2D eigenvalue weighted by molar-refractivity contribution is -0.116. The van der Waals surface area contributed by atoms with Crippen molar-refractivity contribution in [2.45, 2.75) is 19.6 Å². The Morgan fingerprint density at radius 3 is 2.38 bits per heavy atom. The molecule has 29 heavy (non-hydrogen) atoms. The van der Waals surface area contributed by atoms with Gasteiger partial charge in [0.2, 0.25) is 5.91 Å². The first-order valence-corrected chi connectivity index (χ1v) is 9.78. The van der Waals surface area contributed by atoms with Crippen LogP contribution in [0, 0.1) is 18.3 Å². The number of alkyl halides is 1. The van der Waals surface area contributed by atoms with Crippen molar-refractivity contribution in [2.24, 2.45) is 0 Å². The summed E-state index contributed by atoms with van der Waals surface area (Å²) >= 11 is 5.89. The standard InChI is InChI=1S/C24H21ClN2O2/c1-18-9-5-7-13-21(18)27(24(28)15-25)22(16-26)20-12-6-8-14-23(20)29-17-19-10-3-2-4-11-19/h2-14,22H,15,17H2,1H3. The molecule has 0 aliphatic heterocycles. The molecule has 0 spiro atoms. The number of hydrogen-bond donors (Lipinski definition) is 0. The molecule has 0 aliphatic carbocycles. The van der Waals surface area contributed by atoms with Gasteiger partial charge in [0.25, 0.3) is 0 Å². The fourth-order valence-electron chi connectivity index (χ4n) is 3.16. The second-order valence-corrected chi connectivity index (χ2v) is 6.79. The third kappa shape index (κ3) is 4.77. The topological polar surface area (TPSA) is 53.3 Å². The van der Waals surface area contributed by atoms with Gasteiger partial charge in [-0.15, -0.1) is 11.6 Å². The van der Waals surface area contributed by atoms with Crippen LogP contribution in [-0.4, -0.2) is 11.8 Å². The molecule has 5 heteroatoms. The maximum Gasteiger partial charge on any atom is 0.243 e. The Kier molecular flexibility index (Phi) is 6.89. The first kappa shape index (κ1) is 20.4. The van der Waals surface area contributed by atoms with Gasteiger partial charge in [0.15, 0.2) is 6.04 Å². The Labute approximate surface area is 175 Å². The van der Waals surface area contributed by atoms with Crippen molar-refractivity contribution in [3.8, 4) is 11.8 Å². The van der Waals surface area contributed by atoms with Gasteiger partial charge in [0.1, 0.15) is 18.2 Å². The van der Waals surface area contributed by atoms with E-state index in [2.05, 4.69) is 6.07 Å². The molecule has 1 unspecified atom stereocenters. The molecular weight excluding hydrogens is 384 g/mol. The van der Waals surface area contributed by atoms with E-state index in [0.717, 1.165) is 11.1 Å². The van der Waals surface area contributed by atoms with Crippen molar-refractivity contribution in [1.82, 2.24) is 0 Å². The van der Waals surface area contributed by atoms with Crippen molar-refractivity contribution in [1.29, 1.82) is 5.26 Å². The van der Waals surface area contributed by atoms with Gasteiger partial charge in [-0.25, -0.2) is 0 Å². The summed E-state index contributed by atoms with van der Waals surface area (Å²) in [6.45, 7) is 2.26. The molecule has 146 valence electrons. The van der Waals surface area contributed by atoms with E-state index in [1.54, 1.807) is 6.07 Å². The molecule has 0 radical (unpaired) electrons. The lowest BCUT2D eigenvalue weighted by Crippen LogP contribution is -2.36. The molecular formula is C24H21ClN2O2. The van der Waals surface area contributed by atoms with Crippen LogP contribution in [0.2, 0.25) is 0 Å². The van der Waals surface area contributed by atoms with Gasteiger partial charge in [-0.3, -0.25) is 9.69 Å². The van der Waals surface area contributed by atoms with Crippen molar-refractivity contribution < 1.29 is 9.53 Å². The van der Waals surface area contributed by atoms with E-state index in [-0.39, 0.29) is 11.8 Å². The molecule has 3 rings (SSSR count). The first-order chi connectivity index (χ1) is 14.2. The number of nitrogens with zero attached hydrogens (tertiary/aromatic N) is 2. The Bertz CT molecular complexity index is 1010. The maximum absolute atomic E-state index is 12.7. The predicted octanol–water partition coefficient (Wildman–Crippen LogP) is 5.41. The van der Waals surface area contributed by atoms with Gasteiger partial charge in [0, 0.05) is 11.3 Å². The summed E-state index contributed by atoms with van der Waals surface area (Å²) in [5.74, 6) is -0.00578. The Morgan fingerprint density at radius 2 is 1.69 bits per heavy atom. The quantitative estimate of drug-likeness (QED) is 0.494. The number of carbonyl (C=O) groups is 1. The molecule has 0 saturated heterocycles. The summed E-state index contributed by atoms with van der Waals surface area (Å²) < 4.78 is 6.01. The van der Waals surface area contributed by atoms with E-state index in [1.165, 1.54) is 4.90 Å². The van der Waals surface area contributed by atoms with E-state index in [0.29, 0.717) is 23.6 Å². The molecule has 1 amide bonds. The number of ether oxygens (including phenoxy) is 1. The third-order valence-electron chi connectivity index (χ3n) is 4.59. The highest BCUT2D eigenvalue weighted by Crippen LogP contribution is 2.34. The van der Waals surface area contributed by atoms with Crippen LogP contribution >= 0.6 is 11.6 Å². The number of nitriles is 1. The molecule has 0 aromatic heterocycles. The zero-order valence-electron chi connectivity index (χ0n) is 16.1. The summed E-state index contributed by atoms with van der Waals surface area (Å²) in [5, 5.41) is 10.0. The zero-order chi connectivity index (χ0) is 20.6. The number of rotatable bonds is 7. The largest absolute Gasteiger partial charge is 0.489 e. The minimum Gasteiger partial charge on any atom is -0.489 e. The van der Waals surface area contributed by atoms with Crippen LogP contribution < -0.4 is 9.64 Å². The van der Waals surface area contributed by atoms with Crippen LogP contribution in [-0.2, 0) is 11.4 Å². The highest BCUT2D eigenvalue weighted by Gasteiger charge is 2.29. The normalized spacial score (nSPS) is 11.3. The number of para-hydroxylation sites is 2. The summed E-state index contributed by atoms with van der Waals surface area (Å²) in [5.41, 5.74) is 3.17. The Hall–Kier alpha value is -3.29. The average molecular weight is 405 g/mol. The Morgan fingerprint density at radius 1 is 1.03 bits per heavy atom. The first-order valence-electron chi connectivity index (χ1n) is 9.24. The van der Waals surface area contributed by atoms with Crippen LogP contribution in [0.25, 0.3) is 0 Å². The van der Waals surface area contributed by atoms with E-state index in [1.807, 2.05) is 79.7 Å². The smallest absolute Gasteiger partial charge is 0.243 e. The van der Waals surface area contributed by atoms with Crippen molar-refractivity contribution >= 4 is 23.2 Å². The van der Waals surface area contributed by atoms with Crippen LogP contribution in [0.4, 0.5) is 5.69 Å². The number of aryl methyl sites for hydroxylation is 1. The van der Waals surface area contributed by atoms with Gasteiger partial charge in [-0.2, -0.15) is 5.26 Å². The van der Waals surface area contributed by atoms with Gasteiger partial charge in [-0.1, -0.05) is 66.7 Å². The monoisotopic (exact) mass is 404 g/mol. The fraction of sp³-hybridized carbons (Fsp3) is 0.167. The van der Waals surface area contributed by atoms with E-state index in [4.69, 9.17) is 16.3 Å². The van der Waals surface area contributed by atoms with Crippen LogP contribution in [0.1, 0.15) is 22.7 Å². The minimum absolute atomic E-state index is 0.223. The van der Waals surface area contributed by atoms with E-state index < -0.39 is 6.04 Å². The molecule has 0 aliphatic rings. The molecule has 0 fully saturated rings. The summed E-state index contributed by atoms with van der Waals surface area (Å²) in [4.78, 5) is 14.2. The number of benzene rings is 3. The highest BCUT2D eigenvalue weighted by molar-refractivity contribution is 6.29. The molecule has 0 heterocycles. The molecule has 1 atom stereocenters. The number of anilines is 1. The zero-order valence-corrected chi connectivity index (χ0v) is 16.8. The van der Waals surface area contributed by atoms with Gasteiger partial charge in [-0.05, 0) is 30.2 Å². The third-order valence-corrected chi connectivity index (χ3v) is 4.82. The van der Waals surface area contributed by atoms with Crippen LogP contribution in [0.15, 0.2) is 78.9 Å². The summed E-state index contributed by atoms with van der Waals surface area (Å²) in [7, 11) is 0. The lowest BCUT2D eigenvalue weighted by atomic mass is 10.0. The van der Waals surface area contributed by atoms with Gasteiger partial charge in [0.05, 0.1) is 6.07 Å². The number of halogens is 1. The fourth-order valence-corrected chi connectivity index (χ4v) is 3.28. The van der Waals surface area contributed by atoms with Crippen molar-refractivity contribution in [3.63, 3.8) is 0 Å². The number of hydrogen-bond acceptors (Lipinski definition) is 3. The minimum atomic E-state index is -0.866. The summed E-state index contributed by atoms with van der Waals surface area (Å²) in [6, 6.07) is 25.9. The number of carbonyl (C=O) groups excluding carboxylic acids is 1. The molecule has 0 bridgehead atoms. The molecule has 4 nitrogen and oxygen atoms in total. The van der Waals surface area contributed by atoms with Crippen LogP contribution in [0.5, 0.6) is 5.75 Å². The molecule has 0 saturated carbocycles. The van der Waals surface area contributed by atoms with Gasteiger partial charge >= 0.3 is 0 Å². The highest BCUT2D eigenvalue weighted by atomic mass is 35.5. The maximum atomic E-state index is 12.7. The molecule has 3 aromatic rings. The molecule has 0 N–H and O–H groups in total. The Balaban J connectivity index is 1.99. The SMILES string of the molecule is Cc1ccccc1N(C(=O)CCl)C(C#N)c1ccccc1OCc1ccccc1. The average Bonchev–Trinajstić information content (AvgIpc) is 2.77. The second kappa shape index (κ2) is 9.77. The van der Waals surface area contributed by atoms with Crippen LogP contribution in [0.3, 0.4) is 0 Å². The summed E-state index contributed by atoms with van der Waals surface area (Å²) in [6.07, 6.45) is 0. The van der Waals surface area contributed by atoms with Crippen molar-refractivity contribution in [3.05, 3.63) is 95.6 Å². The van der Waals surface area contributed by atoms with E-state index >= 15 is 0 Å². The second-order valence-electron chi connectivity index (χ2n) is 6.53. The van der Waals surface area contributed by atoms with E-state index in [9.17, 15) is 10.1 Å². The van der Waals surface area contributed by atoms with Gasteiger partial charge < -0.3 is 4.74 Å². The number of amides is 1. The van der Waals surface area contributed by atoms with Crippen molar-refractivity contribution in [2.75, 3.05) is 10.8 Å². The molecule has 3 aromatic carbocycles. The lowest BCUT2D eigenvalue weighted by Gasteiger charge is -2.29.